The lowest BCUT2D eigenvalue weighted by Crippen LogP contribution is -2.43. The number of aromatic nitrogens is 5. The van der Waals surface area contributed by atoms with Crippen molar-refractivity contribution in [3.8, 4) is 11.5 Å². The van der Waals surface area contributed by atoms with Gasteiger partial charge in [-0.3, -0.25) is 0 Å². The summed E-state index contributed by atoms with van der Waals surface area (Å²) < 4.78 is 7.21. The molecule has 1 aliphatic heterocycles. The van der Waals surface area contributed by atoms with E-state index in [0.717, 1.165) is 24.2 Å². The number of benzene rings is 1. The molecule has 0 radical (unpaired) electrons. The van der Waals surface area contributed by atoms with Crippen molar-refractivity contribution < 1.29 is 9.21 Å². The molecule has 2 amide bonds. The van der Waals surface area contributed by atoms with Crippen molar-refractivity contribution in [3.05, 3.63) is 42.3 Å². The Morgan fingerprint density at radius 3 is 2.88 bits per heavy atom. The van der Waals surface area contributed by atoms with Crippen molar-refractivity contribution in [2.75, 3.05) is 5.32 Å². The average Bonchev–Trinajstić information content (AvgIpc) is 3.24. The summed E-state index contributed by atoms with van der Waals surface area (Å²) in [6.07, 6.45) is 3.20. The van der Waals surface area contributed by atoms with Gasteiger partial charge in [0.2, 0.25) is 11.8 Å². The zero-order valence-electron chi connectivity index (χ0n) is 13.6. The number of fused-ring (bicyclic) bond motifs is 1. The molecule has 0 spiro atoms. The minimum Gasteiger partial charge on any atom is -0.421 e. The number of nitrogens with zero attached hydrogens (tertiary/aromatic N) is 5. The smallest absolute Gasteiger partial charge is 0.319 e. The summed E-state index contributed by atoms with van der Waals surface area (Å²) in [4.78, 5) is 16.4. The molecule has 1 aliphatic rings. The van der Waals surface area contributed by atoms with Gasteiger partial charge >= 0.3 is 6.03 Å². The highest BCUT2D eigenvalue weighted by Crippen LogP contribution is 2.20. The van der Waals surface area contributed by atoms with Gasteiger partial charge in [0.1, 0.15) is 12.2 Å². The maximum absolute atomic E-state index is 12.2. The first-order valence-electron chi connectivity index (χ1n) is 8.02. The Hall–Kier alpha value is -3.23. The van der Waals surface area contributed by atoms with Gasteiger partial charge in [-0.2, -0.15) is 5.10 Å². The number of carbonyl (C=O) groups is 1. The molecule has 9 nitrogen and oxygen atoms in total. The molecule has 0 bridgehead atoms. The number of hydrogen-bond acceptors (Lipinski definition) is 6. The van der Waals surface area contributed by atoms with E-state index in [0.29, 0.717) is 24.0 Å². The number of amides is 2. The molecule has 0 saturated carbocycles. The third-order valence-corrected chi connectivity index (χ3v) is 4.06. The normalized spacial score (nSPS) is 16.3. The summed E-state index contributed by atoms with van der Waals surface area (Å²) in [7, 11) is 0. The van der Waals surface area contributed by atoms with E-state index in [1.807, 2.05) is 16.8 Å². The molecule has 2 N–H and O–H groups in total. The van der Waals surface area contributed by atoms with Gasteiger partial charge in [0, 0.05) is 24.6 Å². The lowest BCUT2D eigenvalue weighted by Gasteiger charge is -2.23. The number of nitrogens with one attached hydrogen (secondary N) is 2. The maximum Gasteiger partial charge on any atom is 0.319 e. The van der Waals surface area contributed by atoms with Gasteiger partial charge < -0.3 is 15.1 Å². The molecule has 128 valence electrons. The lowest BCUT2D eigenvalue weighted by atomic mass is 10.1. The fourth-order valence-electron chi connectivity index (χ4n) is 2.82. The second-order valence-electron chi connectivity index (χ2n) is 5.90. The van der Waals surface area contributed by atoms with Crippen molar-refractivity contribution in [2.45, 2.75) is 32.4 Å². The third kappa shape index (κ3) is 3.35. The topological polar surface area (TPSA) is 111 Å². The molecular weight excluding hydrogens is 322 g/mol. The Bertz CT molecular complexity index is 884. The number of rotatable bonds is 3. The molecule has 9 heteroatoms. The van der Waals surface area contributed by atoms with Gasteiger partial charge in [-0.25, -0.2) is 14.5 Å². The molecule has 1 aromatic carbocycles. The van der Waals surface area contributed by atoms with Crippen LogP contribution in [0.25, 0.3) is 11.5 Å². The van der Waals surface area contributed by atoms with E-state index in [9.17, 15) is 4.79 Å². The number of aryl methyl sites for hydroxylation is 2. The van der Waals surface area contributed by atoms with Crippen molar-refractivity contribution >= 4 is 11.7 Å². The van der Waals surface area contributed by atoms with Crippen LogP contribution in [0.15, 0.2) is 35.0 Å². The Kier molecular flexibility index (Phi) is 3.88. The first kappa shape index (κ1) is 15.3. The monoisotopic (exact) mass is 339 g/mol. The molecule has 25 heavy (non-hydrogen) atoms. The van der Waals surface area contributed by atoms with E-state index in [-0.39, 0.29) is 12.1 Å². The fourth-order valence-corrected chi connectivity index (χ4v) is 2.82. The summed E-state index contributed by atoms with van der Waals surface area (Å²) in [6, 6.07) is 7.04. The lowest BCUT2D eigenvalue weighted by molar-refractivity contribution is 0.243. The number of anilines is 1. The highest BCUT2D eigenvalue weighted by atomic mass is 16.4. The summed E-state index contributed by atoms with van der Waals surface area (Å²) in [6.45, 7) is 2.38. The van der Waals surface area contributed by atoms with Crippen molar-refractivity contribution in [2.24, 2.45) is 0 Å². The molecule has 3 heterocycles. The van der Waals surface area contributed by atoms with Crippen LogP contribution in [0.3, 0.4) is 0 Å². The van der Waals surface area contributed by atoms with Gasteiger partial charge in [0.05, 0.1) is 12.6 Å². The molecule has 4 rings (SSSR count). The van der Waals surface area contributed by atoms with Crippen molar-refractivity contribution in [1.29, 1.82) is 0 Å². The minimum absolute atomic E-state index is 0.0369. The highest BCUT2D eigenvalue weighted by molar-refractivity contribution is 5.89. The Labute approximate surface area is 143 Å². The molecule has 1 atom stereocenters. The van der Waals surface area contributed by atoms with Crippen LogP contribution in [0.1, 0.15) is 18.1 Å². The first-order valence-corrected chi connectivity index (χ1v) is 8.02. The maximum atomic E-state index is 12.2. The third-order valence-electron chi connectivity index (χ3n) is 4.06. The van der Waals surface area contributed by atoms with E-state index in [1.54, 1.807) is 25.4 Å². The van der Waals surface area contributed by atoms with Crippen LogP contribution in [0.5, 0.6) is 0 Å². The van der Waals surface area contributed by atoms with Gasteiger partial charge in [0.25, 0.3) is 0 Å². The van der Waals surface area contributed by atoms with Crippen LogP contribution >= 0.6 is 0 Å². The van der Waals surface area contributed by atoms with Gasteiger partial charge in [-0.1, -0.05) is 0 Å². The van der Waals surface area contributed by atoms with E-state index in [1.165, 1.54) is 0 Å². The molecule has 0 aliphatic carbocycles. The zero-order valence-corrected chi connectivity index (χ0v) is 13.6. The predicted molar refractivity (Wildman–Crippen MR) is 88.8 cm³/mol. The van der Waals surface area contributed by atoms with Crippen molar-refractivity contribution in [1.82, 2.24) is 30.3 Å². The van der Waals surface area contributed by atoms with Crippen molar-refractivity contribution in [3.63, 3.8) is 0 Å². The largest absolute Gasteiger partial charge is 0.421 e. The SMILES string of the molecule is Cc1nnc(-c2ccc(NC(=O)N[C@@H]3CCc4ncnn4C3)cc2)o1. The second kappa shape index (κ2) is 6.34. The van der Waals surface area contributed by atoms with Crippen LogP contribution < -0.4 is 10.6 Å². The fraction of sp³-hybridized carbons (Fsp3) is 0.312. The first-order chi connectivity index (χ1) is 12.2. The van der Waals surface area contributed by atoms with E-state index >= 15 is 0 Å². The highest BCUT2D eigenvalue weighted by Gasteiger charge is 2.21. The van der Waals surface area contributed by atoms with E-state index in [4.69, 9.17) is 4.42 Å². The number of urea groups is 1. The Balaban J connectivity index is 1.35. The van der Waals surface area contributed by atoms with E-state index < -0.39 is 0 Å². The zero-order chi connectivity index (χ0) is 17.2. The molecular formula is C16H17N7O2. The van der Waals surface area contributed by atoms with E-state index in [2.05, 4.69) is 30.9 Å². The molecule has 0 fully saturated rings. The summed E-state index contributed by atoms with van der Waals surface area (Å²) in [5, 5.41) is 17.7. The number of carbonyl (C=O) groups excluding carboxylic acids is 1. The predicted octanol–water partition coefficient (Wildman–Crippen LogP) is 1.77. The molecule has 3 aromatic rings. The number of hydrogen-bond donors (Lipinski definition) is 2. The van der Waals surface area contributed by atoms with Gasteiger partial charge in [0.15, 0.2) is 0 Å². The van der Waals surface area contributed by atoms with Crippen LogP contribution in [-0.4, -0.2) is 37.0 Å². The molecule has 0 unspecified atom stereocenters. The second-order valence-corrected chi connectivity index (χ2v) is 5.90. The molecule has 0 saturated heterocycles. The summed E-state index contributed by atoms with van der Waals surface area (Å²) in [5.41, 5.74) is 1.49. The van der Waals surface area contributed by atoms with Gasteiger partial charge in [-0.15, -0.1) is 10.2 Å². The quantitative estimate of drug-likeness (QED) is 0.752. The summed E-state index contributed by atoms with van der Waals surface area (Å²) in [5.74, 6) is 1.93. The average molecular weight is 339 g/mol. The Morgan fingerprint density at radius 2 is 2.12 bits per heavy atom. The van der Waals surface area contributed by atoms with Crippen LogP contribution in [-0.2, 0) is 13.0 Å². The Morgan fingerprint density at radius 1 is 1.28 bits per heavy atom. The van der Waals surface area contributed by atoms with Crippen LogP contribution in [0.4, 0.5) is 10.5 Å². The standard InChI is InChI=1S/C16H17N7O2/c1-10-21-22-15(25-10)11-2-4-12(5-3-11)19-16(24)20-13-6-7-14-17-9-18-23(14)8-13/h2-5,9,13H,6-8H2,1H3,(H2,19,20,24)/t13-/m1/s1. The van der Waals surface area contributed by atoms with Crippen LogP contribution in [0, 0.1) is 6.92 Å². The van der Waals surface area contributed by atoms with Gasteiger partial charge in [-0.05, 0) is 30.7 Å². The molecule has 2 aromatic heterocycles. The minimum atomic E-state index is -0.241. The van der Waals surface area contributed by atoms with Crippen LogP contribution in [0.2, 0.25) is 0 Å². The summed E-state index contributed by atoms with van der Waals surface area (Å²) >= 11 is 0.